The highest BCUT2D eigenvalue weighted by atomic mass is 16.7. The molecule has 3 rings (SSSR count). The standard InChI is InChI=1S/C14H18N2O3/c1-9-4-5-16(7-11(9)15)14(17)10-2-3-12-13(6-10)19-8-18-12/h2-3,6,9,11H,4-5,7-8,15H2,1H3. The van der Waals surface area contributed by atoms with Gasteiger partial charge in [-0.3, -0.25) is 4.79 Å². The van der Waals surface area contributed by atoms with Crippen molar-refractivity contribution < 1.29 is 14.3 Å². The minimum atomic E-state index is 0.0145. The van der Waals surface area contributed by atoms with Crippen molar-refractivity contribution in [1.82, 2.24) is 4.90 Å². The number of fused-ring (bicyclic) bond motifs is 1. The molecule has 1 saturated heterocycles. The highest BCUT2D eigenvalue weighted by Crippen LogP contribution is 2.33. The molecule has 2 N–H and O–H groups in total. The zero-order valence-corrected chi connectivity index (χ0v) is 11.0. The third-order valence-corrected chi connectivity index (χ3v) is 3.92. The van der Waals surface area contributed by atoms with Crippen LogP contribution < -0.4 is 15.2 Å². The first-order valence-electron chi connectivity index (χ1n) is 6.59. The largest absolute Gasteiger partial charge is 0.454 e. The van der Waals surface area contributed by atoms with E-state index >= 15 is 0 Å². The lowest BCUT2D eigenvalue weighted by molar-refractivity contribution is 0.0672. The van der Waals surface area contributed by atoms with Crippen molar-refractivity contribution in [2.45, 2.75) is 19.4 Å². The Labute approximate surface area is 112 Å². The van der Waals surface area contributed by atoms with Crippen molar-refractivity contribution in [3.05, 3.63) is 23.8 Å². The lowest BCUT2D eigenvalue weighted by Gasteiger charge is -2.35. The second kappa shape index (κ2) is 4.74. The smallest absolute Gasteiger partial charge is 0.254 e. The molecule has 2 unspecified atom stereocenters. The molecule has 1 aromatic rings. The molecule has 0 aromatic heterocycles. The van der Waals surface area contributed by atoms with Crippen LogP contribution in [0.1, 0.15) is 23.7 Å². The van der Waals surface area contributed by atoms with E-state index in [0.29, 0.717) is 29.5 Å². The predicted octanol–water partition coefficient (Wildman–Crippen LogP) is 1.22. The molecule has 1 aromatic carbocycles. The molecular formula is C14H18N2O3. The van der Waals surface area contributed by atoms with Gasteiger partial charge in [-0.05, 0) is 30.5 Å². The first kappa shape index (κ1) is 12.3. The molecule has 0 saturated carbocycles. The van der Waals surface area contributed by atoms with Crippen molar-refractivity contribution in [1.29, 1.82) is 0 Å². The van der Waals surface area contributed by atoms with E-state index in [2.05, 4.69) is 6.92 Å². The van der Waals surface area contributed by atoms with Crippen LogP contribution in [0.5, 0.6) is 11.5 Å². The summed E-state index contributed by atoms with van der Waals surface area (Å²) in [5.74, 6) is 1.82. The van der Waals surface area contributed by atoms with Gasteiger partial charge >= 0.3 is 0 Å². The molecule has 1 amide bonds. The molecule has 0 radical (unpaired) electrons. The number of ether oxygens (including phenoxy) is 2. The molecule has 1 fully saturated rings. The van der Waals surface area contributed by atoms with Crippen molar-refractivity contribution in [2.75, 3.05) is 19.9 Å². The number of hydrogen-bond acceptors (Lipinski definition) is 4. The maximum atomic E-state index is 12.4. The predicted molar refractivity (Wildman–Crippen MR) is 70.2 cm³/mol. The molecule has 0 spiro atoms. The van der Waals surface area contributed by atoms with Crippen LogP contribution in [0.15, 0.2) is 18.2 Å². The van der Waals surface area contributed by atoms with Gasteiger partial charge in [0.15, 0.2) is 11.5 Å². The summed E-state index contributed by atoms with van der Waals surface area (Å²) in [6.45, 7) is 3.74. The quantitative estimate of drug-likeness (QED) is 0.826. The third-order valence-electron chi connectivity index (χ3n) is 3.92. The van der Waals surface area contributed by atoms with E-state index in [4.69, 9.17) is 15.2 Å². The SMILES string of the molecule is CC1CCN(C(=O)c2ccc3c(c2)OCO3)CC1N. The number of benzene rings is 1. The van der Waals surface area contributed by atoms with Gasteiger partial charge in [0, 0.05) is 24.7 Å². The summed E-state index contributed by atoms with van der Waals surface area (Å²) in [6, 6.07) is 5.36. The maximum absolute atomic E-state index is 12.4. The molecular weight excluding hydrogens is 244 g/mol. The summed E-state index contributed by atoms with van der Waals surface area (Å²) in [6.07, 6.45) is 0.956. The Kier molecular flexibility index (Phi) is 3.06. The zero-order valence-electron chi connectivity index (χ0n) is 11.0. The van der Waals surface area contributed by atoms with Gasteiger partial charge in [0.25, 0.3) is 5.91 Å². The molecule has 2 atom stereocenters. The molecule has 0 bridgehead atoms. The minimum Gasteiger partial charge on any atom is -0.454 e. The van der Waals surface area contributed by atoms with E-state index in [-0.39, 0.29) is 18.7 Å². The van der Waals surface area contributed by atoms with Crippen LogP contribution >= 0.6 is 0 Å². The molecule has 5 heteroatoms. The highest BCUT2D eigenvalue weighted by Gasteiger charge is 2.27. The number of likely N-dealkylation sites (tertiary alicyclic amines) is 1. The summed E-state index contributed by atoms with van der Waals surface area (Å²) < 4.78 is 10.5. The van der Waals surface area contributed by atoms with E-state index in [9.17, 15) is 4.79 Å². The van der Waals surface area contributed by atoms with Crippen molar-refractivity contribution in [3.63, 3.8) is 0 Å². The number of amides is 1. The molecule has 2 aliphatic rings. The van der Waals surface area contributed by atoms with Crippen molar-refractivity contribution in [2.24, 2.45) is 11.7 Å². The number of nitrogens with two attached hydrogens (primary N) is 1. The van der Waals surface area contributed by atoms with Crippen LogP contribution in [-0.2, 0) is 0 Å². The fraction of sp³-hybridized carbons (Fsp3) is 0.500. The summed E-state index contributed by atoms with van der Waals surface area (Å²) in [5.41, 5.74) is 6.67. The van der Waals surface area contributed by atoms with E-state index < -0.39 is 0 Å². The van der Waals surface area contributed by atoms with Crippen LogP contribution in [-0.4, -0.2) is 36.7 Å². The number of carbonyl (C=O) groups is 1. The van der Waals surface area contributed by atoms with E-state index in [1.165, 1.54) is 0 Å². The first-order chi connectivity index (χ1) is 9.15. The number of rotatable bonds is 1. The van der Waals surface area contributed by atoms with Crippen molar-refractivity contribution in [3.8, 4) is 11.5 Å². The van der Waals surface area contributed by atoms with E-state index in [1.54, 1.807) is 18.2 Å². The van der Waals surface area contributed by atoms with Gasteiger partial charge in [0.2, 0.25) is 6.79 Å². The van der Waals surface area contributed by atoms with Crippen LogP contribution in [0, 0.1) is 5.92 Å². The summed E-state index contributed by atoms with van der Waals surface area (Å²) >= 11 is 0. The van der Waals surface area contributed by atoms with Crippen LogP contribution in [0.4, 0.5) is 0 Å². The topological polar surface area (TPSA) is 64.8 Å². The second-order valence-corrected chi connectivity index (χ2v) is 5.25. The Morgan fingerprint density at radius 1 is 1.37 bits per heavy atom. The lowest BCUT2D eigenvalue weighted by Crippen LogP contribution is -2.49. The fourth-order valence-electron chi connectivity index (χ4n) is 2.50. The Morgan fingerprint density at radius 3 is 2.95 bits per heavy atom. The van der Waals surface area contributed by atoms with Gasteiger partial charge in [0.05, 0.1) is 0 Å². The molecule has 5 nitrogen and oxygen atoms in total. The fourth-order valence-corrected chi connectivity index (χ4v) is 2.50. The average Bonchev–Trinajstić information content (AvgIpc) is 2.88. The van der Waals surface area contributed by atoms with E-state index in [0.717, 1.165) is 13.0 Å². The molecule has 2 heterocycles. The van der Waals surface area contributed by atoms with Crippen LogP contribution in [0.25, 0.3) is 0 Å². The Hall–Kier alpha value is -1.75. The van der Waals surface area contributed by atoms with Gasteiger partial charge in [-0.15, -0.1) is 0 Å². The first-order valence-corrected chi connectivity index (χ1v) is 6.59. The third kappa shape index (κ3) is 2.26. The number of piperidine rings is 1. The highest BCUT2D eigenvalue weighted by molar-refractivity contribution is 5.95. The molecule has 19 heavy (non-hydrogen) atoms. The maximum Gasteiger partial charge on any atom is 0.254 e. The van der Waals surface area contributed by atoms with Crippen LogP contribution in [0.3, 0.4) is 0 Å². The number of nitrogens with zero attached hydrogens (tertiary/aromatic N) is 1. The summed E-state index contributed by atoms with van der Waals surface area (Å²) in [4.78, 5) is 14.2. The Morgan fingerprint density at radius 2 is 2.16 bits per heavy atom. The Bertz CT molecular complexity index is 503. The van der Waals surface area contributed by atoms with Gasteiger partial charge in [0.1, 0.15) is 0 Å². The van der Waals surface area contributed by atoms with E-state index in [1.807, 2.05) is 4.90 Å². The van der Waals surface area contributed by atoms with Gasteiger partial charge in [-0.2, -0.15) is 0 Å². The average molecular weight is 262 g/mol. The molecule has 2 aliphatic heterocycles. The number of hydrogen-bond donors (Lipinski definition) is 1. The molecule has 0 aliphatic carbocycles. The Balaban J connectivity index is 1.77. The van der Waals surface area contributed by atoms with Gasteiger partial charge < -0.3 is 20.1 Å². The van der Waals surface area contributed by atoms with Crippen molar-refractivity contribution >= 4 is 5.91 Å². The zero-order chi connectivity index (χ0) is 13.4. The van der Waals surface area contributed by atoms with Gasteiger partial charge in [-0.25, -0.2) is 0 Å². The second-order valence-electron chi connectivity index (χ2n) is 5.25. The number of carbonyl (C=O) groups excluding carboxylic acids is 1. The lowest BCUT2D eigenvalue weighted by atomic mass is 9.94. The summed E-state index contributed by atoms with van der Waals surface area (Å²) in [7, 11) is 0. The molecule has 102 valence electrons. The minimum absolute atomic E-state index is 0.0145. The van der Waals surface area contributed by atoms with Crippen LogP contribution in [0.2, 0.25) is 0 Å². The van der Waals surface area contributed by atoms with Gasteiger partial charge in [-0.1, -0.05) is 6.92 Å². The normalized spacial score (nSPS) is 25.5. The summed E-state index contributed by atoms with van der Waals surface area (Å²) in [5, 5.41) is 0. The monoisotopic (exact) mass is 262 g/mol.